The van der Waals surface area contributed by atoms with Gasteiger partial charge < -0.3 is 9.84 Å². The van der Waals surface area contributed by atoms with E-state index in [-0.39, 0.29) is 5.56 Å². The molecule has 1 atom stereocenters. The van der Waals surface area contributed by atoms with Crippen LogP contribution < -0.4 is 4.74 Å². The van der Waals surface area contributed by atoms with Crippen molar-refractivity contribution in [1.82, 2.24) is 0 Å². The van der Waals surface area contributed by atoms with Gasteiger partial charge in [-0.3, -0.25) is 0 Å². The van der Waals surface area contributed by atoms with Crippen LogP contribution in [0.4, 0.5) is 13.2 Å². The van der Waals surface area contributed by atoms with Gasteiger partial charge in [0.25, 0.3) is 0 Å². The Labute approximate surface area is 120 Å². The number of hydrogen-bond donors (Lipinski definition) is 1. The number of aliphatic hydroxyl groups is 1. The predicted molar refractivity (Wildman–Crippen MR) is 72.6 cm³/mol. The predicted octanol–water partition coefficient (Wildman–Crippen LogP) is 3.97. The summed E-state index contributed by atoms with van der Waals surface area (Å²) in [6.07, 6.45) is -0.669. The summed E-state index contributed by atoms with van der Waals surface area (Å²) in [7, 11) is 0. The molecule has 21 heavy (non-hydrogen) atoms. The van der Waals surface area contributed by atoms with Gasteiger partial charge in [0.05, 0.1) is 6.61 Å². The van der Waals surface area contributed by atoms with Gasteiger partial charge in [-0.2, -0.15) is 0 Å². The molecule has 112 valence electrons. The van der Waals surface area contributed by atoms with Crippen molar-refractivity contribution in [3.63, 3.8) is 0 Å². The average molecular weight is 296 g/mol. The molecule has 5 heteroatoms. The summed E-state index contributed by atoms with van der Waals surface area (Å²) in [6, 6.07) is 7.62. The second-order valence-electron chi connectivity index (χ2n) is 4.58. The molecule has 0 saturated carbocycles. The Hall–Kier alpha value is -2.01. The van der Waals surface area contributed by atoms with Crippen LogP contribution in [0, 0.1) is 17.5 Å². The van der Waals surface area contributed by atoms with E-state index < -0.39 is 23.6 Å². The van der Waals surface area contributed by atoms with Gasteiger partial charge in [-0.15, -0.1) is 0 Å². The molecule has 0 radical (unpaired) electrons. The van der Waals surface area contributed by atoms with Crippen molar-refractivity contribution in [1.29, 1.82) is 0 Å². The van der Waals surface area contributed by atoms with Crippen LogP contribution in [0.15, 0.2) is 36.4 Å². The summed E-state index contributed by atoms with van der Waals surface area (Å²) in [4.78, 5) is 0. The minimum atomic E-state index is -1.44. The van der Waals surface area contributed by atoms with Crippen molar-refractivity contribution in [2.75, 3.05) is 6.61 Å². The largest absolute Gasteiger partial charge is 0.493 e. The van der Waals surface area contributed by atoms with E-state index in [0.717, 1.165) is 6.42 Å². The molecule has 0 heterocycles. The SMILES string of the molecule is CCCOc1ccccc1C(O)c1cc(F)c(F)cc1F. The highest BCUT2D eigenvalue weighted by Crippen LogP contribution is 2.32. The van der Waals surface area contributed by atoms with Crippen LogP contribution in [-0.4, -0.2) is 11.7 Å². The first-order chi connectivity index (χ1) is 10.0. The van der Waals surface area contributed by atoms with Crippen LogP contribution >= 0.6 is 0 Å². The number of rotatable bonds is 5. The zero-order chi connectivity index (χ0) is 15.4. The minimum Gasteiger partial charge on any atom is -0.493 e. The number of para-hydroxylation sites is 1. The molecule has 0 bridgehead atoms. The van der Waals surface area contributed by atoms with Crippen molar-refractivity contribution in [3.05, 3.63) is 65.0 Å². The van der Waals surface area contributed by atoms with Gasteiger partial charge in [0.15, 0.2) is 11.6 Å². The Kier molecular flexibility index (Phi) is 4.85. The summed E-state index contributed by atoms with van der Waals surface area (Å²) in [5.74, 6) is -3.13. The highest BCUT2D eigenvalue weighted by atomic mass is 19.2. The van der Waals surface area contributed by atoms with Crippen molar-refractivity contribution in [3.8, 4) is 5.75 Å². The third-order valence-corrected chi connectivity index (χ3v) is 3.01. The molecular weight excluding hydrogens is 281 g/mol. The molecule has 0 aromatic heterocycles. The second kappa shape index (κ2) is 6.63. The number of ether oxygens (including phenoxy) is 1. The van der Waals surface area contributed by atoms with Crippen LogP contribution in [0.25, 0.3) is 0 Å². The molecule has 2 aromatic carbocycles. The zero-order valence-corrected chi connectivity index (χ0v) is 11.4. The summed E-state index contributed by atoms with van der Waals surface area (Å²) < 4.78 is 45.4. The van der Waals surface area contributed by atoms with Crippen LogP contribution in [0.3, 0.4) is 0 Å². The first-order valence-electron chi connectivity index (χ1n) is 6.58. The van der Waals surface area contributed by atoms with E-state index in [1.165, 1.54) is 0 Å². The van der Waals surface area contributed by atoms with Crippen molar-refractivity contribution >= 4 is 0 Å². The molecule has 2 aromatic rings. The van der Waals surface area contributed by atoms with Gasteiger partial charge in [0, 0.05) is 17.2 Å². The van der Waals surface area contributed by atoms with Crippen LogP contribution in [-0.2, 0) is 0 Å². The van der Waals surface area contributed by atoms with E-state index in [9.17, 15) is 18.3 Å². The molecular formula is C16H15F3O2. The Balaban J connectivity index is 2.40. The zero-order valence-electron chi connectivity index (χ0n) is 11.4. The lowest BCUT2D eigenvalue weighted by Gasteiger charge is -2.17. The molecule has 2 rings (SSSR count). The molecule has 0 spiro atoms. The minimum absolute atomic E-state index is 0.302. The Morgan fingerprint density at radius 2 is 1.67 bits per heavy atom. The van der Waals surface area contributed by atoms with E-state index in [4.69, 9.17) is 4.74 Å². The van der Waals surface area contributed by atoms with E-state index in [1.54, 1.807) is 24.3 Å². The first-order valence-corrected chi connectivity index (χ1v) is 6.58. The van der Waals surface area contributed by atoms with Crippen molar-refractivity contribution in [2.24, 2.45) is 0 Å². The molecule has 1 N–H and O–H groups in total. The van der Waals surface area contributed by atoms with Gasteiger partial charge in [0.2, 0.25) is 0 Å². The number of benzene rings is 2. The third kappa shape index (κ3) is 3.36. The molecule has 0 saturated heterocycles. The highest BCUT2D eigenvalue weighted by Gasteiger charge is 2.21. The number of hydrogen-bond acceptors (Lipinski definition) is 2. The van der Waals surface area contributed by atoms with Gasteiger partial charge >= 0.3 is 0 Å². The van der Waals surface area contributed by atoms with Crippen molar-refractivity contribution < 1.29 is 23.0 Å². The Morgan fingerprint density at radius 3 is 2.38 bits per heavy atom. The monoisotopic (exact) mass is 296 g/mol. The molecule has 2 nitrogen and oxygen atoms in total. The third-order valence-electron chi connectivity index (χ3n) is 3.01. The Bertz CT molecular complexity index is 629. The molecule has 0 aliphatic rings. The molecule has 0 aliphatic heterocycles. The summed E-state index contributed by atoms with van der Waals surface area (Å²) in [6.45, 7) is 2.36. The molecule has 0 fully saturated rings. The molecule has 1 unspecified atom stereocenters. The Morgan fingerprint density at radius 1 is 1.00 bits per heavy atom. The van der Waals surface area contributed by atoms with E-state index in [2.05, 4.69) is 0 Å². The maximum atomic E-state index is 13.7. The fourth-order valence-electron chi connectivity index (χ4n) is 1.96. The summed E-state index contributed by atoms with van der Waals surface area (Å²) in [5, 5.41) is 10.3. The van der Waals surface area contributed by atoms with E-state index >= 15 is 0 Å². The smallest absolute Gasteiger partial charge is 0.161 e. The quantitative estimate of drug-likeness (QED) is 0.846. The maximum absolute atomic E-state index is 13.7. The number of aliphatic hydroxyl groups excluding tert-OH is 1. The normalized spacial score (nSPS) is 12.2. The van der Waals surface area contributed by atoms with Crippen LogP contribution in [0.5, 0.6) is 5.75 Å². The van der Waals surface area contributed by atoms with Crippen LogP contribution in [0.2, 0.25) is 0 Å². The lowest BCUT2D eigenvalue weighted by atomic mass is 10.00. The summed E-state index contributed by atoms with van der Waals surface area (Å²) >= 11 is 0. The standard InChI is InChI=1S/C16H15F3O2/c1-2-7-21-15-6-4-3-5-10(15)16(20)11-8-13(18)14(19)9-12(11)17/h3-6,8-9,16,20H,2,7H2,1H3. The van der Waals surface area contributed by atoms with Gasteiger partial charge in [-0.1, -0.05) is 25.1 Å². The van der Waals surface area contributed by atoms with Crippen LogP contribution in [0.1, 0.15) is 30.6 Å². The molecule has 0 amide bonds. The maximum Gasteiger partial charge on any atom is 0.161 e. The molecule has 0 aliphatic carbocycles. The fraction of sp³-hybridized carbons (Fsp3) is 0.250. The van der Waals surface area contributed by atoms with E-state index in [1.807, 2.05) is 6.92 Å². The van der Waals surface area contributed by atoms with E-state index in [0.29, 0.717) is 30.1 Å². The van der Waals surface area contributed by atoms with Gasteiger partial charge in [0.1, 0.15) is 17.7 Å². The van der Waals surface area contributed by atoms with Crippen molar-refractivity contribution in [2.45, 2.75) is 19.4 Å². The highest BCUT2D eigenvalue weighted by molar-refractivity contribution is 5.40. The number of halogens is 3. The summed E-state index contributed by atoms with van der Waals surface area (Å²) in [5.41, 5.74) is -0.0303. The first kappa shape index (κ1) is 15.4. The lowest BCUT2D eigenvalue weighted by molar-refractivity contribution is 0.205. The second-order valence-corrected chi connectivity index (χ2v) is 4.58. The van der Waals surface area contributed by atoms with Gasteiger partial charge in [-0.25, -0.2) is 13.2 Å². The average Bonchev–Trinajstić information content (AvgIpc) is 2.48. The topological polar surface area (TPSA) is 29.5 Å². The fourth-order valence-corrected chi connectivity index (χ4v) is 1.96. The van der Waals surface area contributed by atoms with Gasteiger partial charge in [-0.05, 0) is 18.6 Å². The lowest BCUT2D eigenvalue weighted by Crippen LogP contribution is -2.07.